The quantitative estimate of drug-likeness (QED) is 0.0491. The van der Waals surface area contributed by atoms with Gasteiger partial charge in [-0.15, -0.1) is 0 Å². The van der Waals surface area contributed by atoms with Crippen molar-refractivity contribution >= 4 is 51.0 Å². The molecule has 0 aliphatic rings. The Balaban J connectivity index is 1.44. The smallest absolute Gasteiger partial charge is 0.243 e. The van der Waals surface area contributed by atoms with Crippen molar-refractivity contribution in [2.45, 2.75) is 95.3 Å². The van der Waals surface area contributed by atoms with Gasteiger partial charge >= 0.3 is 0 Å². The van der Waals surface area contributed by atoms with E-state index in [-0.39, 0.29) is 37.4 Å². The summed E-state index contributed by atoms with van der Waals surface area (Å²) >= 11 is 0. The number of nitrogens with one attached hydrogen (secondary N) is 4. The van der Waals surface area contributed by atoms with E-state index >= 15 is 0 Å². The minimum absolute atomic E-state index is 0.104. The fourth-order valence-corrected chi connectivity index (χ4v) is 7.24. The van der Waals surface area contributed by atoms with Gasteiger partial charge in [0.25, 0.3) is 0 Å². The third kappa shape index (κ3) is 13.9. The fraction of sp³-hybridized carbons (Fsp3) is 0.354. The van der Waals surface area contributed by atoms with Crippen LogP contribution in [0.15, 0.2) is 115 Å². The molecule has 0 radical (unpaired) electrons. The Morgan fingerprint density at radius 2 is 0.898 bits per heavy atom. The number of fused-ring (bicyclic) bond motifs is 2. The second kappa shape index (κ2) is 22.9. The first-order valence-electron chi connectivity index (χ1n) is 20.7. The highest BCUT2D eigenvalue weighted by atomic mass is 16.2. The second-order valence-electron chi connectivity index (χ2n) is 15.3. The minimum atomic E-state index is -1.14. The van der Waals surface area contributed by atoms with Gasteiger partial charge in [-0.2, -0.15) is 0 Å². The van der Waals surface area contributed by atoms with E-state index in [0.717, 1.165) is 51.1 Å². The molecule has 0 saturated heterocycles. The average Bonchev–Trinajstić information content (AvgIpc) is 3.24. The molecule has 0 spiro atoms. The normalized spacial score (nSPS) is 13.2. The third-order valence-corrected chi connectivity index (χ3v) is 10.6. The molecule has 5 aromatic rings. The summed E-state index contributed by atoms with van der Waals surface area (Å²) in [4.78, 5) is 68.9. The molecule has 11 heteroatoms. The molecule has 0 aromatic heterocycles. The van der Waals surface area contributed by atoms with Gasteiger partial charge in [0, 0.05) is 25.7 Å². The van der Waals surface area contributed by atoms with Gasteiger partial charge in [-0.25, -0.2) is 0 Å². The molecular weight excluding hydrogens is 741 g/mol. The van der Waals surface area contributed by atoms with Crippen LogP contribution in [0, 0.1) is 0 Å². The van der Waals surface area contributed by atoms with E-state index in [4.69, 9.17) is 11.5 Å². The maximum Gasteiger partial charge on any atom is 0.243 e. The van der Waals surface area contributed by atoms with Crippen molar-refractivity contribution in [3.63, 3.8) is 0 Å². The molecule has 4 unspecified atom stereocenters. The van der Waals surface area contributed by atoms with Crippen molar-refractivity contribution in [2.75, 3.05) is 13.1 Å². The maximum absolute atomic E-state index is 14.6. The predicted octanol–water partition coefficient (Wildman–Crippen LogP) is 5.20. The van der Waals surface area contributed by atoms with Crippen molar-refractivity contribution in [3.05, 3.63) is 132 Å². The van der Waals surface area contributed by atoms with Crippen LogP contribution in [0.25, 0.3) is 21.5 Å². The summed E-state index contributed by atoms with van der Waals surface area (Å²) in [5, 5.41) is 15.8. The summed E-state index contributed by atoms with van der Waals surface area (Å²) in [7, 11) is 0. The van der Waals surface area contributed by atoms with Crippen LogP contribution >= 0.6 is 0 Å². The number of hydrogen-bond acceptors (Lipinski definition) is 7. The molecule has 59 heavy (non-hydrogen) atoms. The molecule has 11 nitrogen and oxygen atoms in total. The van der Waals surface area contributed by atoms with E-state index in [1.54, 1.807) is 0 Å². The highest BCUT2D eigenvalue weighted by Crippen LogP contribution is 2.19. The van der Waals surface area contributed by atoms with Crippen LogP contribution in [0.2, 0.25) is 0 Å². The van der Waals surface area contributed by atoms with E-state index in [1.165, 1.54) is 6.92 Å². The molecule has 0 bridgehead atoms. The van der Waals surface area contributed by atoms with Gasteiger partial charge in [0.2, 0.25) is 23.6 Å². The van der Waals surface area contributed by atoms with Crippen LogP contribution in [0.1, 0.15) is 68.6 Å². The van der Waals surface area contributed by atoms with E-state index < -0.39 is 41.9 Å². The summed E-state index contributed by atoms with van der Waals surface area (Å²) in [5.41, 5.74) is 13.8. The molecule has 0 aliphatic heterocycles. The van der Waals surface area contributed by atoms with Crippen molar-refractivity contribution in [2.24, 2.45) is 11.5 Å². The predicted molar refractivity (Wildman–Crippen MR) is 234 cm³/mol. The number of benzene rings is 5. The Kier molecular flexibility index (Phi) is 17.1. The number of rotatable bonds is 23. The Hall–Kier alpha value is -5.91. The lowest BCUT2D eigenvalue weighted by atomic mass is 9.98. The Labute approximate surface area is 347 Å². The first-order valence-corrected chi connectivity index (χ1v) is 20.7. The van der Waals surface area contributed by atoms with Crippen LogP contribution in [0.3, 0.4) is 0 Å². The fourth-order valence-electron chi connectivity index (χ4n) is 7.24. The molecule has 0 heterocycles. The third-order valence-electron chi connectivity index (χ3n) is 10.6. The van der Waals surface area contributed by atoms with Crippen LogP contribution in [-0.4, -0.2) is 66.7 Å². The van der Waals surface area contributed by atoms with Crippen molar-refractivity contribution in [1.29, 1.82) is 0 Å². The molecule has 0 fully saturated rings. The van der Waals surface area contributed by atoms with Crippen molar-refractivity contribution in [3.8, 4) is 0 Å². The van der Waals surface area contributed by atoms with Gasteiger partial charge in [-0.05, 0) is 90.4 Å². The van der Waals surface area contributed by atoms with Crippen LogP contribution in [0.4, 0.5) is 0 Å². The highest BCUT2D eigenvalue weighted by Gasteiger charge is 2.31. The van der Waals surface area contributed by atoms with Gasteiger partial charge < -0.3 is 32.7 Å². The number of ketones is 1. The second-order valence-corrected chi connectivity index (χ2v) is 15.3. The molecule has 4 atom stereocenters. The van der Waals surface area contributed by atoms with Gasteiger partial charge in [-0.1, -0.05) is 122 Å². The lowest BCUT2D eigenvalue weighted by Gasteiger charge is -2.27. The van der Waals surface area contributed by atoms with Gasteiger partial charge in [0.15, 0.2) is 5.78 Å². The molecule has 310 valence electrons. The lowest BCUT2D eigenvalue weighted by Crippen LogP contribution is -2.59. The molecule has 0 aliphatic carbocycles. The number of nitrogens with two attached hydrogens (primary N) is 2. The Morgan fingerprint density at radius 1 is 0.458 bits per heavy atom. The van der Waals surface area contributed by atoms with Crippen LogP contribution in [0.5, 0.6) is 0 Å². The standard InChI is InChI=1S/C48H58N6O5/c1-33(55)41(20-11-13-27-50)52-47(58)43(30-34-14-4-2-5-15-34)53-48(59)44(32-36-23-25-38-17-8-10-19-40(38)29-36)54-46(57)42(51-45(56)21-6-3-12-26-49)31-35-22-24-37-16-7-9-18-39(37)28-35/h2,4-5,7-10,14-19,22-25,28-29,41-44H,3,6,11-13,20-21,26-27,30-32,49-50H2,1H3,(H,51,56)(H,52,58)(H,53,59)(H,54,57). The Bertz CT molecular complexity index is 2180. The number of Topliss-reactive ketones (excluding diaryl/α,β-unsaturated/α-hetero) is 1. The van der Waals surface area contributed by atoms with Crippen molar-refractivity contribution < 1.29 is 24.0 Å². The minimum Gasteiger partial charge on any atom is -0.345 e. The Morgan fingerprint density at radius 3 is 1.41 bits per heavy atom. The number of carbonyl (C=O) groups excluding carboxylic acids is 5. The number of unbranched alkanes of at least 4 members (excludes halogenated alkanes) is 3. The molecular formula is C48H58N6O5. The zero-order valence-corrected chi connectivity index (χ0v) is 34.0. The zero-order valence-electron chi connectivity index (χ0n) is 34.0. The topological polar surface area (TPSA) is 186 Å². The first-order chi connectivity index (χ1) is 28.6. The zero-order chi connectivity index (χ0) is 42.0. The van der Waals surface area contributed by atoms with Crippen LogP contribution < -0.4 is 32.7 Å². The summed E-state index contributed by atoms with van der Waals surface area (Å²) in [6.45, 7) is 2.44. The number of amides is 4. The largest absolute Gasteiger partial charge is 0.345 e. The summed E-state index contributed by atoms with van der Waals surface area (Å²) in [6, 6.07) is 32.9. The van der Waals surface area contributed by atoms with Crippen LogP contribution in [-0.2, 0) is 43.2 Å². The number of carbonyl (C=O) groups is 5. The monoisotopic (exact) mass is 798 g/mol. The van der Waals surface area contributed by atoms with E-state index in [2.05, 4.69) is 21.3 Å². The molecule has 4 amide bonds. The van der Waals surface area contributed by atoms with Crippen molar-refractivity contribution in [1.82, 2.24) is 21.3 Å². The summed E-state index contributed by atoms with van der Waals surface area (Å²) in [6.07, 6.45) is 4.66. The van der Waals surface area contributed by atoms with Gasteiger partial charge in [0.1, 0.15) is 18.1 Å². The van der Waals surface area contributed by atoms with E-state index in [1.807, 2.05) is 115 Å². The molecule has 5 rings (SSSR count). The van der Waals surface area contributed by atoms with E-state index in [0.29, 0.717) is 38.8 Å². The van der Waals surface area contributed by atoms with Gasteiger partial charge in [-0.3, -0.25) is 24.0 Å². The molecule has 5 aromatic carbocycles. The molecule has 8 N–H and O–H groups in total. The number of hydrogen-bond donors (Lipinski definition) is 6. The summed E-state index contributed by atoms with van der Waals surface area (Å²) < 4.78 is 0. The van der Waals surface area contributed by atoms with E-state index in [9.17, 15) is 24.0 Å². The average molecular weight is 799 g/mol. The first kappa shape index (κ1) is 44.2. The van der Waals surface area contributed by atoms with Gasteiger partial charge in [0.05, 0.1) is 6.04 Å². The SMILES string of the molecule is CC(=O)C(CCCCN)NC(=O)C(Cc1ccccc1)NC(=O)C(Cc1ccc2ccccc2c1)NC(=O)C(Cc1ccc2ccccc2c1)NC(=O)CCCCCN. The molecule has 0 saturated carbocycles. The lowest BCUT2D eigenvalue weighted by molar-refractivity contribution is -0.134. The summed E-state index contributed by atoms with van der Waals surface area (Å²) in [5.74, 6) is -2.09. The maximum atomic E-state index is 14.6. The highest BCUT2D eigenvalue weighted by molar-refractivity contribution is 5.96.